The Morgan fingerprint density at radius 3 is 2.40 bits per heavy atom. The summed E-state index contributed by atoms with van der Waals surface area (Å²) in [5.41, 5.74) is 3.82. The molecule has 1 fully saturated rings. The molecular formula is C16H25NO2S. The molecule has 1 aromatic carbocycles. The van der Waals surface area contributed by atoms with Gasteiger partial charge in [0.05, 0.1) is 11.5 Å². The first-order valence-electron chi connectivity index (χ1n) is 7.41. The predicted octanol–water partition coefficient (Wildman–Crippen LogP) is 2.78. The summed E-state index contributed by atoms with van der Waals surface area (Å²) < 4.78 is 23.2. The van der Waals surface area contributed by atoms with Gasteiger partial charge in [0.25, 0.3) is 0 Å². The highest BCUT2D eigenvalue weighted by Crippen LogP contribution is 2.29. The Bertz CT molecular complexity index is 546. The van der Waals surface area contributed by atoms with E-state index in [0.717, 1.165) is 19.4 Å². The van der Waals surface area contributed by atoms with Crippen LogP contribution in [0.2, 0.25) is 0 Å². The summed E-state index contributed by atoms with van der Waals surface area (Å²) in [5.74, 6) is 1.02. The molecule has 1 aliphatic rings. The molecule has 1 N–H and O–H groups in total. The summed E-state index contributed by atoms with van der Waals surface area (Å²) >= 11 is 0. The zero-order chi connectivity index (χ0) is 14.8. The minimum atomic E-state index is -2.78. The van der Waals surface area contributed by atoms with E-state index in [1.165, 1.54) is 16.7 Å². The second-order valence-corrected chi connectivity index (χ2v) is 8.26. The van der Waals surface area contributed by atoms with Crippen molar-refractivity contribution in [2.24, 2.45) is 5.92 Å². The molecular weight excluding hydrogens is 270 g/mol. The third kappa shape index (κ3) is 4.06. The maximum Gasteiger partial charge on any atom is 0.150 e. The molecule has 0 spiro atoms. The molecule has 0 aromatic heterocycles. The molecule has 2 atom stereocenters. The molecule has 0 saturated carbocycles. The largest absolute Gasteiger partial charge is 0.310 e. The molecule has 0 bridgehead atoms. The lowest BCUT2D eigenvalue weighted by Crippen LogP contribution is -2.24. The van der Waals surface area contributed by atoms with Gasteiger partial charge in [-0.1, -0.05) is 36.2 Å². The Morgan fingerprint density at radius 2 is 1.90 bits per heavy atom. The van der Waals surface area contributed by atoms with Crippen LogP contribution in [-0.2, 0) is 9.84 Å². The first-order chi connectivity index (χ1) is 9.39. The number of aryl methyl sites for hydroxylation is 2. The van der Waals surface area contributed by atoms with Gasteiger partial charge < -0.3 is 5.32 Å². The molecule has 1 saturated heterocycles. The molecule has 4 heteroatoms. The van der Waals surface area contributed by atoms with Crippen LogP contribution in [0.4, 0.5) is 0 Å². The van der Waals surface area contributed by atoms with Crippen molar-refractivity contribution in [3.63, 3.8) is 0 Å². The highest BCUT2D eigenvalue weighted by molar-refractivity contribution is 7.91. The maximum absolute atomic E-state index is 11.6. The summed E-state index contributed by atoms with van der Waals surface area (Å²) in [6.45, 7) is 7.22. The van der Waals surface area contributed by atoms with Crippen molar-refractivity contribution in [3.05, 3.63) is 34.9 Å². The van der Waals surface area contributed by atoms with E-state index in [2.05, 4.69) is 44.3 Å². The van der Waals surface area contributed by atoms with Crippen LogP contribution in [0.25, 0.3) is 0 Å². The second-order valence-electron chi connectivity index (χ2n) is 6.04. The lowest BCUT2D eigenvalue weighted by Gasteiger charge is -2.22. The van der Waals surface area contributed by atoms with Crippen molar-refractivity contribution in [2.75, 3.05) is 18.1 Å². The van der Waals surface area contributed by atoms with E-state index in [9.17, 15) is 8.42 Å². The summed E-state index contributed by atoms with van der Waals surface area (Å²) in [4.78, 5) is 0. The van der Waals surface area contributed by atoms with Gasteiger partial charge in [0, 0.05) is 6.04 Å². The standard InChI is InChI=1S/C16H25NO2S/c1-4-17-16(10-14-5-6-20(18,19)11-14)15-8-12(2)7-13(3)9-15/h7-9,14,16-17H,4-6,10-11H2,1-3H3. The van der Waals surface area contributed by atoms with Gasteiger partial charge in [0.15, 0.2) is 9.84 Å². The second kappa shape index (κ2) is 6.27. The third-order valence-corrected chi connectivity index (χ3v) is 5.83. The first kappa shape index (κ1) is 15.5. The van der Waals surface area contributed by atoms with Gasteiger partial charge >= 0.3 is 0 Å². The summed E-state index contributed by atoms with van der Waals surface area (Å²) in [6.07, 6.45) is 1.73. The van der Waals surface area contributed by atoms with Crippen molar-refractivity contribution in [1.82, 2.24) is 5.32 Å². The SMILES string of the molecule is CCNC(CC1CCS(=O)(=O)C1)c1cc(C)cc(C)c1. The Labute approximate surface area is 122 Å². The smallest absolute Gasteiger partial charge is 0.150 e. The van der Waals surface area contributed by atoms with Crippen LogP contribution in [0.1, 0.15) is 42.5 Å². The molecule has 112 valence electrons. The zero-order valence-corrected chi connectivity index (χ0v) is 13.5. The van der Waals surface area contributed by atoms with Gasteiger partial charge in [0.1, 0.15) is 0 Å². The van der Waals surface area contributed by atoms with Crippen LogP contribution in [0, 0.1) is 19.8 Å². The topological polar surface area (TPSA) is 46.2 Å². The van der Waals surface area contributed by atoms with Crippen molar-refractivity contribution >= 4 is 9.84 Å². The lowest BCUT2D eigenvalue weighted by atomic mass is 9.92. The Balaban J connectivity index is 2.14. The van der Waals surface area contributed by atoms with Crippen LogP contribution in [0.3, 0.4) is 0 Å². The molecule has 2 unspecified atom stereocenters. The molecule has 3 nitrogen and oxygen atoms in total. The van der Waals surface area contributed by atoms with E-state index in [1.54, 1.807) is 0 Å². The first-order valence-corrected chi connectivity index (χ1v) is 9.24. The van der Waals surface area contributed by atoms with Gasteiger partial charge in [0.2, 0.25) is 0 Å². The van der Waals surface area contributed by atoms with Crippen LogP contribution in [0.5, 0.6) is 0 Å². The van der Waals surface area contributed by atoms with Gasteiger partial charge in [-0.25, -0.2) is 8.42 Å². The van der Waals surface area contributed by atoms with E-state index in [-0.39, 0.29) is 6.04 Å². The zero-order valence-electron chi connectivity index (χ0n) is 12.6. The number of nitrogens with one attached hydrogen (secondary N) is 1. The molecule has 0 aliphatic carbocycles. The Kier molecular flexibility index (Phi) is 4.86. The summed E-state index contributed by atoms with van der Waals surface area (Å²) in [7, 11) is -2.78. The number of benzene rings is 1. The number of sulfone groups is 1. The van der Waals surface area contributed by atoms with Crippen LogP contribution < -0.4 is 5.32 Å². The van der Waals surface area contributed by atoms with Gasteiger partial charge in [-0.15, -0.1) is 0 Å². The number of hydrogen-bond acceptors (Lipinski definition) is 3. The summed E-state index contributed by atoms with van der Waals surface area (Å²) in [5, 5.41) is 3.51. The van der Waals surface area contributed by atoms with Gasteiger partial charge in [-0.3, -0.25) is 0 Å². The van der Waals surface area contributed by atoms with Crippen molar-refractivity contribution in [2.45, 2.75) is 39.7 Å². The Morgan fingerprint density at radius 1 is 1.25 bits per heavy atom. The lowest BCUT2D eigenvalue weighted by molar-refractivity contribution is 0.421. The molecule has 0 amide bonds. The molecule has 2 rings (SSSR count). The minimum Gasteiger partial charge on any atom is -0.310 e. The van der Waals surface area contributed by atoms with Gasteiger partial charge in [-0.05, 0) is 44.7 Å². The van der Waals surface area contributed by atoms with Crippen LogP contribution in [-0.4, -0.2) is 26.5 Å². The average Bonchev–Trinajstić information content (AvgIpc) is 2.67. The fraction of sp³-hybridized carbons (Fsp3) is 0.625. The van der Waals surface area contributed by atoms with Crippen molar-refractivity contribution in [1.29, 1.82) is 0 Å². The fourth-order valence-electron chi connectivity index (χ4n) is 3.19. The number of hydrogen-bond donors (Lipinski definition) is 1. The number of rotatable bonds is 5. The van der Waals surface area contributed by atoms with E-state index in [4.69, 9.17) is 0 Å². The third-order valence-electron chi connectivity index (χ3n) is 3.99. The average molecular weight is 295 g/mol. The van der Waals surface area contributed by atoms with Crippen molar-refractivity contribution in [3.8, 4) is 0 Å². The molecule has 1 aromatic rings. The molecule has 20 heavy (non-hydrogen) atoms. The van der Waals surface area contributed by atoms with E-state index >= 15 is 0 Å². The van der Waals surface area contributed by atoms with E-state index in [0.29, 0.717) is 17.4 Å². The fourth-order valence-corrected chi connectivity index (χ4v) is 5.07. The summed E-state index contributed by atoms with van der Waals surface area (Å²) in [6, 6.07) is 6.86. The normalized spacial score (nSPS) is 22.9. The molecule has 0 radical (unpaired) electrons. The van der Waals surface area contributed by atoms with Crippen LogP contribution in [0.15, 0.2) is 18.2 Å². The quantitative estimate of drug-likeness (QED) is 0.908. The van der Waals surface area contributed by atoms with E-state index in [1.807, 2.05) is 0 Å². The van der Waals surface area contributed by atoms with Gasteiger partial charge in [-0.2, -0.15) is 0 Å². The highest BCUT2D eigenvalue weighted by atomic mass is 32.2. The monoisotopic (exact) mass is 295 g/mol. The predicted molar refractivity (Wildman–Crippen MR) is 83.7 cm³/mol. The molecule has 1 heterocycles. The maximum atomic E-state index is 11.6. The van der Waals surface area contributed by atoms with E-state index < -0.39 is 9.84 Å². The van der Waals surface area contributed by atoms with Crippen molar-refractivity contribution < 1.29 is 8.42 Å². The Hall–Kier alpha value is -0.870. The molecule has 1 aliphatic heterocycles. The highest BCUT2D eigenvalue weighted by Gasteiger charge is 2.30. The minimum absolute atomic E-state index is 0.261. The van der Waals surface area contributed by atoms with Crippen LogP contribution >= 0.6 is 0 Å².